The molecule has 0 N–H and O–H groups in total. The van der Waals surface area contributed by atoms with Gasteiger partial charge in [0.15, 0.2) is 0 Å². The van der Waals surface area contributed by atoms with Gasteiger partial charge >= 0.3 is 5.97 Å². The SMILES string of the molecule is COC(=O)CCCC1CCCCN1S(=O)(=O)c1c(C)cc(OC)cc1C. The van der Waals surface area contributed by atoms with E-state index in [2.05, 4.69) is 4.74 Å². The maximum atomic E-state index is 13.4. The molecule has 1 fully saturated rings. The molecule has 7 heteroatoms. The first-order valence-electron chi connectivity index (χ1n) is 9.05. The normalized spacial score (nSPS) is 18.5. The van der Waals surface area contributed by atoms with Crippen LogP contribution in [-0.4, -0.2) is 45.5 Å². The van der Waals surface area contributed by atoms with Crippen LogP contribution in [0.3, 0.4) is 0 Å². The molecule has 1 heterocycles. The number of carbonyl (C=O) groups excluding carboxylic acids is 1. The summed E-state index contributed by atoms with van der Waals surface area (Å²) in [5, 5.41) is 0. The van der Waals surface area contributed by atoms with E-state index in [1.807, 2.05) is 0 Å². The van der Waals surface area contributed by atoms with Crippen LogP contribution in [0.15, 0.2) is 17.0 Å². The molecular formula is C19H29NO5S. The van der Waals surface area contributed by atoms with Crippen molar-refractivity contribution < 1.29 is 22.7 Å². The molecule has 0 bridgehead atoms. The van der Waals surface area contributed by atoms with Crippen LogP contribution in [0.1, 0.15) is 49.7 Å². The summed E-state index contributed by atoms with van der Waals surface area (Å²) in [7, 11) is -0.648. The lowest BCUT2D eigenvalue weighted by molar-refractivity contribution is -0.140. The number of ether oxygens (including phenoxy) is 2. The molecule has 0 radical (unpaired) electrons. The van der Waals surface area contributed by atoms with Gasteiger partial charge in [-0.2, -0.15) is 4.31 Å². The highest BCUT2D eigenvalue weighted by Crippen LogP contribution is 2.33. The van der Waals surface area contributed by atoms with Crippen LogP contribution in [0.25, 0.3) is 0 Å². The summed E-state index contributed by atoms with van der Waals surface area (Å²) in [5.41, 5.74) is 1.39. The number of hydrogen-bond donors (Lipinski definition) is 0. The lowest BCUT2D eigenvalue weighted by Crippen LogP contribution is -2.44. The fraction of sp³-hybridized carbons (Fsp3) is 0.632. The van der Waals surface area contributed by atoms with Crippen molar-refractivity contribution in [2.75, 3.05) is 20.8 Å². The summed E-state index contributed by atoms with van der Waals surface area (Å²) < 4.78 is 38.3. The van der Waals surface area contributed by atoms with Crippen LogP contribution in [0.5, 0.6) is 5.75 Å². The highest BCUT2D eigenvalue weighted by atomic mass is 32.2. The molecule has 0 amide bonds. The molecule has 0 spiro atoms. The molecule has 1 aromatic carbocycles. The van der Waals surface area contributed by atoms with Crippen LogP contribution < -0.4 is 4.74 Å². The molecule has 26 heavy (non-hydrogen) atoms. The average Bonchev–Trinajstić information content (AvgIpc) is 2.60. The molecule has 0 aliphatic carbocycles. The summed E-state index contributed by atoms with van der Waals surface area (Å²) in [5.74, 6) is 0.407. The second-order valence-electron chi connectivity index (χ2n) is 6.82. The third kappa shape index (κ3) is 4.57. The van der Waals surface area contributed by atoms with Gasteiger partial charge in [0.25, 0.3) is 0 Å². The Labute approximate surface area is 156 Å². The molecule has 1 aliphatic rings. The third-order valence-corrected chi connectivity index (χ3v) is 7.21. The van der Waals surface area contributed by atoms with Gasteiger partial charge < -0.3 is 9.47 Å². The fourth-order valence-corrected chi connectivity index (χ4v) is 5.85. The zero-order valence-electron chi connectivity index (χ0n) is 16.1. The molecular weight excluding hydrogens is 354 g/mol. The lowest BCUT2D eigenvalue weighted by Gasteiger charge is -2.35. The van der Waals surface area contributed by atoms with Crippen molar-refractivity contribution in [1.29, 1.82) is 0 Å². The van der Waals surface area contributed by atoms with E-state index in [0.717, 1.165) is 19.3 Å². The van der Waals surface area contributed by atoms with Crippen molar-refractivity contribution in [3.05, 3.63) is 23.3 Å². The first kappa shape index (κ1) is 20.7. The van der Waals surface area contributed by atoms with Gasteiger partial charge in [0.05, 0.1) is 19.1 Å². The van der Waals surface area contributed by atoms with Crippen LogP contribution >= 0.6 is 0 Å². The number of rotatable bonds is 7. The second-order valence-corrected chi connectivity index (χ2v) is 8.65. The van der Waals surface area contributed by atoms with Gasteiger partial charge in [-0.15, -0.1) is 0 Å². The Hall–Kier alpha value is -1.60. The van der Waals surface area contributed by atoms with Gasteiger partial charge in [-0.05, 0) is 62.8 Å². The Morgan fingerprint density at radius 2 is 1.85 bits per heavy atom. The van der Waals surface area contributed by atoms with E-state index >= 15 is 0 Å². The molecule has 1 saturated heterocycles. The molecule has 1 aromatic rings. The van der Waals surface area contributed by atoms with Crippen molar-refractivity contribution in [2.24, 2.45) is 0 Å². The number of piperidine rings is 1. The first-order chi connectivity index (χ1) is 12.3. The van der Waals surface area contributed by atoms with Crippen LogP contribution in [0.2, 0.25) is 0 Å². The summed E-state index contributed by atoms with van der Waals surface area (Å²) in [6.07, 6.45) is 4.32. The maximum absolute atomic E-state index is 13.4. The summed E-state index contributed by atoms with van der Waals surface area (Å²) in [6, 6.07) is 3.45. The molecule has 0 saturated carbocycles. The van der Waals surface area contributed by atoms with Gasteiger partial charge in [-0.1, -0.05) is 6.42 Å². The number of esters is 1. The van der Waals surface area contributed by atoms with E-state index in [0.29, 0.717) is 47.6 Å². The van der Waals surface area contributed by atoms with Gasteiger partial charge in [0.1, 0.15) is 5.75 Å². The number of aryl methyl sites for hydroxylation is 2. The van der Waals surface area contributed by atoms with E-state index in [4.69, 9.17) is 4.74 Å². The van der Waals surface area contributed by atoms with Gasteiger partial charge in [-0.25, -0.2) is 8.42 Å². The standard InChI is InChI=1S/C19H29NO5S/c1-14-12-17(24-3)13-15(2)19(14)26(22,23)20-11-6-5-8-16(20)9-7-10-18(21)25-4/h12-13,16H,5-11H2,1-4H3. The van der Waals surface area contributed by atoms with E-state index in [1.54, 1.807) is 37.4 Å². The van der Waals surface area contributed by atoms with Crippen molar-refractivity contribution in [3.63, 3.8) is 0 Å². The summed E-state index contributed by atoms with van der Waals surface area (Å²) in [6.45, 7) is 4.13. The molecule has 2 rings (SSSR count). The molecule has 0 aromatic heterocycles. The Morgan fingerprint density at radius 3 is 2.42 bits per heavy atom. The summed E-state index contributed by atoms with van der Waals surface area (Å²) in [4.78, 5) is 11.7. The smallest absolute Gasteiger partial charge is 0.305 e. The van der Waals surface area contributed by atoms with Crippen LogP contribution in [0.4, 0.5) is 0 Å². The fourth-order valence-electron chi connectivity index (χ4n) is 3.72. The molecule has 1 atom stereocenters. The number of nitrogens with zero attached hydrogens (tertiary/aromatic N) is 1. The Morgan fingerprint density at radius 1 is 1.19 bits per heavy atom. The number of benzene rings is 1. The largest absolute Gasteiger partial charge is 0.497 e. The number of sulfonamides is 1. The van der Waals surface area contributed by atoms with E-state index in [1.165, 1.54) is 7.11 Å². The monoisotopic (exact) mass is 383 g/mol. The predicted molar refractivity (Wildman–Crippen MR) is 99.9 cm³/mol. The minimum absolute atomic E-state index is 0.0701. The molecule has 1 unspecified atom stereocenters. The highest BCUT2D eigenvalue weighted by molar-refractivity contribution is 7.89. The van der Waals surface area contributed by atoms with Crippen LogP contribution in [0, 0.1) is 13.8 Å². The molecule has 146 valence electrons. The number of methoxy groups -OCH3 is 2. The second kappa shape index (κ2) is 8.86. The van der Waals surface area contributed by atoms with Gasteiger partial charge in [0.2, 0.25) is 10.0 Å². The highest BCUT2D eigenvalue weighted by Gasteiger charge is 2.35. The minimum Gasteiger partial charge on any atom is -0.497 e. The third-order valence-electron chi connectivity index (χ3n) is 4.96. The van der Waals surface area contributed by atoms with Crippen molar-refractivity contribution in [1.82, 2.24) is 4.31 Å². The minimum atomic E-state index is -3.59. The van der Waals surface area contributed by atoms with E-state index in [-0.39, 0.29) is 12.0 Å². The van der Waals surface area contributed by atoms with Gasteiger partial charge in [0, 0.05) is 19.0 Å². The van der Waals surface area contributed by atoms with Crippen molar-refractivity contribution >= 4 is 16.0 Å². The van der Waals surface area contributed by atoms with E-state index in [9.17, 15) is 13.2 Å². The van der Waals surface area contributed by atoms with Crippen molar-refractivity contribution in [2.45, 2.75) is 63.3 Å². The predicted octanol–water partition coefficient (Wildman–Crippen LogP) is 3.20. The average molecular weight is 384 g/mol. The van der Waals surface area contributed by atoms with E-state index < -0.39 is 10.0 Å². The quantitative estimate of drug-likeness (QED) is 0.676. The zero-order chi connectivity index (χ0) is 19.3. The topological polar surface area (TPSA) is 72.9 Å². The van der Waals surface area contributed by atoms with Crippen molar-refractivity contribution in [3.8, 4) is 5.75 Å². The molecule has 6 nitrogen and oxygen atoms in total. The summed E-state index contributed by atoms with van der Waals surface area (Å²) >= 11 is 0. The number of hydrogen-bond acceptors (Lipinski definition) is 5. The molecule has 1 aliphatic heterocycles. The first-order valence-corrected chi connectivity index (χ1v) is 10.5. The Bertz CT molecular complexity index is 721. The van der Waals surface area contributed by atoms with Gasteiger partial charge in [-0.3, -0.25) is 4.79 Å². The zero-order valence-corrected chi connectivity index (χ0v) is 16.9. The lowest BCUT2D eigenvalue weighted by atomic mass is 10.00. The Balaban J connectivity index is 2.26. The van der Waals surface area contributed by atoms with Crippen LogP contribution in [-0.2, 0) is 19.6 Å². The maximum Gasteiger partial charge on any atom is 0.305 e. The Kier molecular flexibility index (Phi) is 7.06. The number of carbonyl (C=O) groups is 1.